The molecule has 142 valence electrons. The van der Waals surface area contributed by atoms with Gasteiger partial charge in [-0.2, -0.15) is 0 Å². The van der Waals surface area contributed by atoms with E-state index >= 15 is 0 Å². The molecule has 8 nitrogen and oxygen atoms in total. The Kier molecular flexibility index (Phi) is 4.79. The van der Waals surface area contributed by atoms with Gasteiger partial charge >= 0.3 is 6.01 Å². The number of hydrogen-bond acceptors (Lipinski definition) is 6. The summed E-state index contributed by atoms with van der Waals surface area (Å²) in [5.74, 6) is 1.15. The van der Waals surface area contributed by atoms with Gasteiger partial charge in [0.2, 0.25) is 5.82 Å². The van der Waals surface area contributed by atoms with Crippen molar-refractivity contribution in [1.29, 1.82) is 0 Å². The minimum atomic E-state index is -0.457. The van der Waals surface area contributed by atoms with Gasteiger partial charge in [-0.15, -0.1) is 20.1 Å². The summed E-state index contributed by atoms with van der Waals surface area (Å²) in [6, 6.07) is 15.7. The summed E-state index contributed by atoms with van der Waals surface area (Å²) in [6.07, 6.45) is -0.457. The van der Waals surface area contributed by atoms with Gasteiger partial charge in [0.25, 0.3) is 0 Å². The average Bonchev–Trinajstić information content (AvgIpc) is 3.31. The Bertz CT molecular complexity index is 1100. The van der Waals surface area contributed by atoms with Crippen molar-refractivity contribution in [3.63, 3.8) is 0 Å². The third-order valence-electron chi connectivity index (χ3n) is 4.26. The lowest BCUT2D eigenvalue weighted by Gasteiger charge is -2.10. The Morgan fingerprint density at radius 1 is 1.04 bits per heavy atom. The number of benzene rings is 2. The molecule has 0 aliphatic heterocycles. The zero-order valence-corrected chi connectivity index (χ0v) is 16.4. The van der Waals surface area contributed by atoms with Gasteiger partial charge in [0.1, 0.15) is 0 Å². The number of hydrogen-bond donors (Lipinski definition) is 0. The highest BCUT2D eigenvalue weighted by Crippen LogP contribution is 2.23. The zero-order chi connectivity index (χ0) is 19.7. The Labute approximate surface area is 166 Å². The maximum absolute atomic E-state index is 6.02. The Morgan fingerprint density at radius 3 is 2.57 bits per heavy atom. The third kappa shape index (κ3) is 3.59. The van der Waals surface area contributed by atoms with Crippen LogP contribution in [0, 0.1) is 6.92 Å². The number of halogens is 1. The van der Waals surface area contributed by atoms with E-state index in [1.165, 1.54) is 10.4 Å². The smallest absolute Gasteiger partial charge is 0.317 e. The summed E-state index contributed by atoms with van der Waals surface area (Å²) >= 11 is 6.02. The summed E-state index contributed by atoms with van der Waals surface area (Å²) in [7, 11) is 1.85. The first-order chi connectivity index (χ1) is 13.5. The van der Waals surface area contributed by atoms with Crippen molar-refractivity contribution < 1.29 is 4.74 Å². The normalized spacial score (nSPS) is 12.1. The summed E-state index contributed by atoms with van der Waals surface area (Å²) in [4.78, 5) is 1.41. The van der Waals surface area contributed by atoms with Crippen LogP contribution >= 0.6 is 11.6 Å². The van der Waals surface area contributed by atoms with Gasteiger partial charge in [0.05, 0.1) is 5.69 Å². The molecular weight excluding hydrogens is 378 g/mol. The molecule has 4 aromatic rings. The Hall–Kier alpha value is -3.26. The molecule has 0 saturated heterocycles. The van der Waals surface area contributed by atoms with Crippen molar-refractivity contribution in [2.75, 3.05) is 0 Å². The highest BCUT2D eigenvalue weighted by Gasteiger charge is 2.19. The predicted molar refractivity (Wildman–Crippen MR) is 104 cm³/mol. The van der Waals surface area contributed by atoms with Crippen LogP contribution in [0.3, 0.4) is 0 Å². The Morgan fingerprint density at radius 2 is 1.82 bits per heavy atom. The molecule has 0 saturated carbocycles. The van der Waals surface area contributed by atoms with E-state index in [1.807, 2.05) is 57.3 Å². The number of ether oxygens (including phenoxy) is 1. The highest BCUT2D eigenvalue weighted by molar-refractivity contribution is 6.30. The van der Waals surface area contributed by atoms with Crippen molar-refractivity contribution in [2.45, 2.75) is 20.0 Å². The largest absolute Gasteiger partial charge is 0.452 e. The fourth-order valence-electron chi connectivity index (χ4n) is 2.68. The number of aromatic nitrogens is 7. The third-order valence-corrected chi connectivity index (χ3v) is 4.49. The van der Waals surface area contributed by atoms with Crippen molar-refractivity contribution in [2.24, 2.45) is 7.05 Å². The molecule has 9 heteroatoms. The molecule has 0 radical (unpaired) electrons. The van der Waals surface area contributed by atoms with Gasteiger partial charge in [0.15, 0.2) is 11.9 Å². The van der Waals surface area contributed by atoms with E-state index < -0.39 is 6.10 Å². The number of aryl methyl sites for hydroxylation is 1. The SMILES string of the molecule is Cc1ccc(-c2nnc(OC(C)c3nnn(-c4cccc(Cl)c4)n3)n2C)cc1. The predicted octanol–water partition coefficient (Wildman–Crippen LogP) is 3.56. The molecule has 0 amide bonds. The maximum Gasteiger partial charge on any atom is 0.317 e. The van der Waals surface area contributed by atoms with Gasteiger partial charge < -0.3 is 4.74 Å². The molecule has 1 atom stereocenters. The number of tetrazole rings is 1. The van der Waals surface area contributed by atoms with Crippen molar-refractivity contribution in [1.82, 2.24) is 35.0 Å². The fraction of sp³-hybridized carbons (Fsp3) is 0.211. The second kappa shape index (κ2) is 7.40. The molecule has 0 aliphatic carbocycles. The highest BCUT2D eigenvalue weighted by atomic mass is 35.5. The van der Waals surface area contributed by atoms with Gasteiger partial charge in [0, 0.05) is 17.6 Å². The molecule has 1 unspecified atom stereocenters. The first-order valence-corrected chi connectivity index (χ1v) is 9.08. The van der Waals surface area contributed by atoms with Crippen LogP contribution in [0.5, 0.6) is 6.01 Å². The van der Waals surface area contributed by atoms with E-state index in [0.29, 0.717) is 16.9 Å². The van der Waals surface area contributed by atoms with E-state index in [0.717, 1.165) is 17.1 Å². The van der Waals surface area contributed by atoms with Crippen molar-refractivity contribution in [3.05, 3.63) is 64.9 Å². The minimum absolute atomic E-state index is 0.377. The van der Waals surface area contributed by atoms with E-state index in [1.54, 1.807) is 16.7 Å². The standard InChI is InChI=1S/C19H18ClN7O/c1-12-7-9-14(10-8-12)18-22-23-19(26(18)3)28-13(2)17-21-25-27(24-17)16-6-4-5-15(20)11-16/h4-11,13H,1-3H3. The van der Waals surface area contributed by atoms with E-state index in [4.69, 9.17) is 16.3 Å². The van der Waals surface area contributed by atoms with Crippen LogP contribution in [0.4, 0.5) is 0 Å². The second-order valence-electron chi connectivity index (χ2n) is 6.41. The molecule has 28 heavy (non-hydrogen) atoms. The monoisotopic (exact) mass is 395 g/mol. The Balaban J connectivity index is 1.53. The molecule has 2 aromatic heterocycles. The lowest BCUT2D eigenvalue weighted by atomic mass is 10.1. The van der Waals surface area contributed by atoms with Crippen LogP contribution in [0.25, 0.3) is 17.1 Å². The van der Waals surface area contributed by atoms with Crippen molar-refractivity contribution >= 4 is 11.6 Å². The van der Waals surface area contributed by atoms with Crippen LogP contribution < -0.4 is 4.74 Å². The molecule has 2 aromatic carbocycles. The first kappa shape index (κ1) is 18.1. The molecule has 0 spiro atoms. The van der Waals surface area contributed by atoms with E-state index in [2.05, 4.69) is 25.6 Å². The zero-order valence-electron chi connectivity index (χ0n) is 15.6. The molecule has 0 aliphatic rings. The van der Waals surface area contributed by atoms with Crippen LogP contribution in [-0.4, -0.2) is 35.0 Å². The molecule has 0 fully saturated rings. The van der Waals surface area contributed by atoms with Crippen LogP contribution in [0.15, 0.2) is 48.5 Å². The van der Waals surface area contributed by atoms with E-state index in [9.17, 15) is 0 Å². The van der Waals surface area contributed by atoms with Gasteiger partial charge in [-0.25, -0.2) is 0 Å². The fourth-order valence-corrected chi connectivity index (χ4v) is 2.86. The van der Waals surface area contributed by atoms with Gasteiger partial charge in [-0.05, 0) is 37.3 Å². The molecule has 4 rings (SSSR count). The van der Waals surface area contributed by atoms with Gasteiger partial charge in [-0.3, -0.25) is 4.57 Å². The van der Waals surface area contributed by atoms with Crippen LogP contribution in [0.2, 0.25) is 5.02 Å². The van der Waals surface area contributed by atoms with Gasteiger partial charge in [-0.1, -0.05) is 52.6 Å². The minimum Gasteiger partial charge on any atom is -0.452 e. The lowest BCUT2D eigenvalue weighted by molar-refractivity contribution is 0.190. The van der Waals surface area contributed by atoms with E-state index in [-0.39, 0.29) is 0 Å². The van der Waals surface area contributed by atoms with Crippen LogP contribution in [-0.2, 0) is 7.05 Å². The summed E-state index contributed by atoms with van der Waals surface area (Å²) < 4.78 is 7.71. The topological polar surface area (TPSA) is 83.5 Å². The van der Waals surface area contributed by atoms with Crippen molar-refractivity contribution in [3.8, 4) is 23.1 Å². The average molecular weight is 396 g/mol. The number of rotatable bonds is 5. The summed E-state index contributed by atoms with van der Waals surface area (Å²) in [5.41, 5.74) is 2.87. The second-order valence-corrected chi connectivity index (χ2v) is 6.84. The van der Waals surface area contributed by atoms with Crippen LogP contribution in [0.1, 0.15) is 24.4 Å². The lowest BCUT2D eigenvalue weighted by Crippen LogP contribution is -2.09. The number of nitrogens with zero attached hydrogens (tertiary/aromatic N) is 7. The quantitative estimate of drug-likeness (QED) is 0.513. The molecular formula is C19H18ClN7O. The maximum atomic E-state index is 6.02. The molecule has 0 bridgehead atoms. The summed E-state index contributed by atoms with van der Waals surface area (Å²) in [5, 5.41) is 21.5. The molecule has 2 heterocycles. The summed E-state index contributed by atoms with van der Waals surface area (Å²) in [6.45, 7) is 3.87. The first-order valence-electron chi connectivity index (χ1n) is 8.70. The molecule has 0 N–H and O–H groups in total.